The lowest BCUT2D eigenvalue weighted by Crippen LogP contribution is -1.91. The van der Waals surface area contributed by atoms with Crippen LogP contribution in [0.5, 0.6) is 0 Å². The van der Waals surface area contributed by atoms with Gasteiger partial charge in [0.2, 0.25) is 0 Å². The third-order valence-corrected chi connectivity index (χ3v) is 8.15. The van der Waals surface area contributed by atoms with E-state index in [1.54, 1.807) is 0 Å². The van der Waals surface area contributed by atoms with Gasteiger partial charge in [0.25, 0.3) is 0 Å². The summed E-state index contributed by atoms with van der Waals surface area (Å²) in [5.74, 6) is 0. The second kappa shape index (κ2) is 13.3. The molecule has 0 fully saturated rings. The van der Waals surface area contributed by atoms with Crippen LogP contribution in [0.25, 0.3) is 46.4 Å². The molecule has 0 amide bonds. The minimum absolute atomic E-state index is 0.963. The van der Waals surface area contributed by atoms with Gasteiger partial charge in [-0.05, 0) is 122 Å². The first-order valence-corrected chi connectivity index (χ1v) is 15.8. The summed E-state index contributed by atoms with van der Waals surface area (Å²) in [6.45, 7) is 9.08. The Labute approximate surface area is 240 Å². The third-order valence-electron chi connectivity index (χ3n) is 8.15. The minimum Gasteiger partial charge on any atom is -0.354 e. The molecular weight excluding hydrogens is 488 g/mol. The van der Waals surface area contributed by atoms with E-state index in [1.165, 1.54) is 70.0 Å². The van der Waals surface area contributed by atoms with E-state index in [0.717, 1.165) is 74.1 Å². The Kier molecular flexibility index (Phi) is 9.36. The average Bonchev–Trinajstić information content (AvgIpc) is 3.76. The van der Waals surface area contributed by atoms with E-state index in [9.17, 15) is 0 Å². The van der Waals surface area contributed by atoms with E-state index in [2.05, 4.69) is 86.2 Å². The maximum absolute atomic E-state index is 5.09. The van der Waals surface area contributed by atoms with E-state index >= 15 is 0 Å². The summed E-state index contributed by atoms with van der Waals surface area (Å²) in [7, 11) is 0. The molecule has 0 radical (unpaired) electrons. The van der Waals surface area contributed by atoms with Gasteiger partial charge in [0.15, 0.2) is 0 Å². The largest absolute Gasteiger partial charge is 0.354 e. The van der Waals surface area contributed by atoms with Crippen LogP contribution in [0.2, 0.25) is 0 Å². The van der Waals surface area contributed by atoms with Crippen molar-refractivity contribution in [3.63, 3.8) is 0 Å². The zero-order chi connectivity index (χ0) is 27.9. The Morgan fingerprint density at radius 3 is 1.15 bits per heavy atom. The lowest BCUT2D eigenvalue weighted by atomic mass is 10.1. The molecular formula is C36H46N4. The first kappa shape index (κ1) is 28.1. The molecule has 40 heavy (non-hydrogen) atoms. The van der Waals surface area contributed by atoms with Gasteiger partial charge in [-0.25, -0.2) is 9.97 Å². The number of rotatable bonds is 12. The quantitative estimate of drug-likeness (QED) is 0.167. The predicted molar refractivity (Wildman–Crippen MR) is 173 cm³/mol. The van der Waals surface area contributed by atoms with Crippen LogP contribution in [0.3, 0.4) is 0 Å². The maximum Gasteiger partial charge on any atom is 0.0894 e. The van der Waals surface area contributed by atoms with E-state index in [4.69, 9.17) is 9.97 Å². The van der Waals surface area contributed by atoms with Crippen molar-refractivity contribution in [1.29, 1.82) is 0 Å². The van der Waals surface area contributed by atoms with Crippen molar-refractivity contribution >= 4 is 46.4 Å². The van der Waals surface area contributed by atoms with Crippen molar-refractivity contribution in [2.24, 2.45) is 0 Å². The number of nitrogens with zero attached hydrogens (tertiary/aromatic N) is 2. The number of H-pyrrole nitrogens is 2. The Bertz CT molecular complexity index is 1430. The van der Waals surface area contributed by atoms with Gasteiger partial charge in [0.1, 0.15) is 0 Å². The SMILES string of the molecule is CCCCc1cc2cc(CCCC)c([nH]2)c2[nH]c(cc(CCCC)c3nc(c4nc1C=C4)C=C3)cc2CCCC. The van der Waals surface area contributed by atoms with E-state index in [-0.39, 0.29) is 0 Å². The Morgan fingerprint density at radius 2 is 0.775 bits per heavy atom. The summed E-state index contributed by atoms with van der Waals surface area (Å²) in [5.41, 5.74) is 14.3. The van der Waals surface area contributed by atoms with E-state index in [1.807, 2.05) is 0 Å². The van der Waals surface area contributed by atoms with Gasteiger partial charge in [-0.1, -0.05) is 53.4 Å². The molecule has 4 nitrogen and oxygen atoms in total. The number of nitrogens with one attached hydrogen (secondary N) is 2. The molecule has 5 heterocycles. The number of unbranched alkanes of at least 4 members (excludes halogenated alkanes) is 4. The first-order valence-electron chi connectivity index (χ1n) is 15.8. The number of hydrogen-bond donors (Lipinski definition) is 2. The van der Waals surface area contributed by atoms with Crippen molar-refractivity contribution in [3.05, 3.63) is 69.3 Å². The minimum atomic E-state index is 0.963. The molecule has 3 aromatic heterocycles. The summed E-state index contributed by atoms with van der Waals surface area (Å²) < 4.78 is 0. The normalized spacial score (nSPS) is 12.5. The fourth-order valence-electron chi connectivity index (χ4n) is 5.80. The van der Waals surface area contributed by atoms with Crippen LogP contribution in [0.15, 0.2) is 24.3 Å². The molecule has 0 atom stereocenters. The molecule has 0 saturated carbocycles. The van der Waals surface area contributed by atoms with Crippen LogP contribution in [0.4, 0.5) is 0 Å². The highest BCUT2D eigenvalue weighted by molar-refractivity contribution is 5.88. The van der Waals surface area contributed by atoms with Crippen LogP contribution in [-0.2, 0) is 25.7 Å². The molecule has 2 aliphatic rings. The van der Waals surface area contributed by atoms with Crippen molar-refractivity contribution in [2.45, 2.75) is 105 Å². The van der Waals surface area contributed by atoms with Crippen LogP contribution in [-0.4, -0.2) is 19.9 Å². The molecule has 3 aromatic rings. The molecule has 0 saturated heterocycles. The predicted octanol–water partition coefficient (Wildman–Crippen LogP) is 10.0. The number of aryl methyl sites for hydroxylation is 4. The summed E-state index contributed by atoms with van der Waals surface area (Å²) >= 11 is 0. The summed E-state index contributed by atoms with van der Waals surface area (Å²) in [6.07, 6.45) is 22.2. The number of aromatic nitrogens is 4. The first-order chi connectivity index (χ1) is 19.6. The van der Waals surface area contributed by atoms with Gasteiger partial charge in [0, 0.05) is 11.0 Å². The zero-order valence-corrected chi connectivity index (χ0v) is 25.0. The van der Waals surface area contributed by atoms with Gasteiger partial charge in [-0.15, -0.1) is 0 Å². The Hall–Kier alpha value is -3.40. The van der Waals surface area contributed by atoms with Gasteiger partial charge in [0.05, 0.1) is 33.8 Å². The van der Waals surface area contributed by atoms with Crippen LogP contribution < -0.4 is 0 Å². The third kappa shape index (κ3) is 6.32. The average molecular weight is 535 g/mol. The monoisotopic (exact) mass is 534 g/mol. The summed E-state index contributed by atoms with van der Waals surface area (Å²) in [6, 6.07) is 9.45. The molecule has 2 N–H and O–H groups in total. The summed E-state index contributed by atoms with van der Waals surface area (Å²) in [4.78, 5) is 17.9. The van der Waals surface area contributed by atoms with Crippen molar-refractivity contribution in [1.82, 2.24) is 19.9 Å². The van der Waals surface area contributed by atoms with Crippen molar-refractivity contribution in [3.8, 4) is 0 Å². The Balaban J connectivity index is 1.86. The lowest BCUT2D eigenvalue weighted by molar-refractivity contribution is 0.792. The lowest BCUT2D eigenvalue weighted by Gasteiger charge is -2.01. The fraction of sp³-hybridized carbons (Fsp3) is 0.444. The zero-order valence-electron chi connectivity index (χ0n) is 25.0. The highest BCUT2D eigenvalue weighted by Gasteiger charge is 2.14. The van der Waals surface area contributed by atoms with Crippen LogP contribution >= 0.6 is 0 Å². The molecule has 4 heteroatoms. The Morgan fingerprint density at radius 1 is 0.450 bits per heavy atom. The smallest absolute Gasteiger partial charge is 0.0894 e. The number of hydrogen-bond acceptors (Lipinski definition) is 2. The van der Waals surface area contributed by atoms with E-state index < -0.39 is 0 Å². The van der Waals surface area contributed by atoms with Gasteiger partial charge < -0.3 is 9.97 Å². The molecule has 0 unspecified atom stereocenters. The highest BCUT2D eigenvalue weighted by atomic mass is 14.8. The fourth-order valence-corrected chi connectivity index (χ4v) is 5.80. The van der Waals surface area contributed by atoms with Crippen molar-refractivity contribution < 1.29 is 0 Å². The second-order valence-corrected chi connectivity index (χ2v) is 11.4. The topological polar surface area (TPSA) is 57.4 Å². The molecule has 210 valence electrons. The maximum atomic E-state index is 5.09. The van der Waals surface area contributed by atoms with Crippen molar-refractivity contribution in [2.75, 3.05) is 0 Å². The molecule has 0 spiro atoms. The number of fused-ring (bicyclic) bond motifs is 10. The second-order valence-electron chi connectivity index (χ2n) is 11.4. The van der Waals surface area contributed by atoms with Crippen LogP contribution in [0, 0.1) is 0 Å². The van der Waals surface area contributed by atoms with E-state index in [0.29, 0.717) is 0 Å². The van der Waals surface area contributed by atoms with Crippen LogP contribution in [0.1, 0.15) is 124 Å². The molecule has 5 rings (SSSR count). The highest BCUT2D eigenvalue weighted by Crippen LogP contribution is 2.28. The summed E-state index contributed by atoms with van der Waals surface area (Å²) in [5, 5.41) is 0. The molecule has 0 aromatic carbocycles. The van der Waals surface area contributed by atoms with Gasteiger partial charge >= 0.3 is 0 Å². The van der Waals surface area contributed by atoms with Gasteiger partial charge in [-0.2, -0.15) is 0 Å². The van der Waals surface area contributed by atoms with Gasteiger partial charge in [-0.3, -0.25) is 0 Å². The molecule has 2 aliphatic heterocycles. The standard InChI is InChI=1S/C36H46N4/c1-5-9-13-25-21-29-23-27(15-11-7-3)35(37-29)36-28(16-12-8-4)24-30(38-36)22-26(14-10-6-2)32-18-20-34(40-32)33-19-17-31(25)39-33/h17-24,37-38H,5-16H2,1-4H3. The molecule has 0 aliphatic carbocycles. The molecule has 8 bridgehead atoms. The number of aromatic amines is 2.